The highest BCUT2D eigenvalue weighted by Gasteiger charge is 2.18. The van der Waals surface area contributed by atoms with Gasteiger partial charge in [-0.25, -0.2) is 13.8 Å². The number of aromatic amines is 1. The molecule has 9 heteroatoms. The molecular formula is C22H19F2N5O2. The number of aromatic nitrogens is 4. The largest absolute Gasteiger partial charge is 0.355 e. The van der Waals surface area contributed by atoms with Crippen molar-refractivity contribution in [3.8, 4) is 11.1 Å². The number of nitrogens with one attached hydrogen (secondary N) is 2. The van der Waals surface area contributed by atoms with Crippen molar-refractivity contribution in [3.63, 3.8) is 0 Å². The Morgan fingerprint density at radius 2 is 2.00 bits per heavy atom. The average molecular weight is 423 g/mol. The second-order valence-corrected chi connectivity index (χ2v) is 7.07. The topological polar surface area (TPSA) is 92.7 Å². The summed E-state index contributed by atoms with van der Waals surface area (Å²) in [6, 6.07) is 11.4. The van der Waals surface area contributed by atoms with Gasteiger partial charge in [0.25, 0.3) is 17.9 Å². The van der Waals surface area contributed by atoms with Crippen LogP contribution in [0, 0.1) is 0 Å². The summed E-state index contributed by atoms with van der Waals surface area (Å²) in [5, 5.41) is 8.94. The Bertz CT molecular complexity index is 1330. The second kappa shape index (κ2) is 8.10. The molecule has 1 atom stereocenters. The third-order valence-electron chi connectivity index (χ3n) is 5.26. The Morgan fingerprint density at radius 3 is 2.74 bits per heavy atom. The van der Waals surface area contributed by atoms with Crippen LogP contribution in [0.5, 0.6) is 0 Å². The van der Waals surface area contributed by atoms with E-state index >= 15 is 0 Å². The third-order valence-corrected chi connectivity index (χ3v) is 5.26. The van der Waals surface area contributed by atoms with Crippen LogP contribution in [0.25, 0.3) is 22.0 Å². The SMILES string of the molecule is CNC(=O)c1cccc(C(C)n2cnc3cc(-c4cn[nH]c4C(F)F)ccc3c2=O)c1. The van der Waals surface area contributed by atoms with Crippen molar-refractivity contribution in [2.45, 2.75) is 19.4 Å². The normalized spacial score (nSPS) is 12.3. The van der Waals surface area contributed by atoms with Crippen molar-refractivity contribution in [3.05, 3.63) is 82.2 Å². The van der Waals surface area contributed by atoms with Crippen molar-refractivity contribution in [2.75, 3.05) is 7.05 Å². The van der Waals surface area contributed by atoms with Gasteiger partial charge in [0, 0.05) is 18.2 Å². The Balaban J connectivity index is 1.74. The maximum atomic E-state index is 13.2. The Labute approximate surface area is 175 Å². The summed E-state index contributed by atoms with van der Waals surface area (Å²) in [5.41, 5.74) is 1.88. The molecule has 0 fully saturated rings. The highest BCUT2D eigenvalue weighted by atomic mass is 19.3. The molecule has 2 heterocycles. The lowest BCUT2D eigenvalue weighted by Crippen LogP contribution is -2.25. The van der Waals surface area contributed by atoms with E-state index < -0.39 is 6.43 Å². The quantitative estimate of drug-likeness (QED) is 0.512. The first-order valence-corrected chi connectivity index (χ1v) is 9.55. The number of benzene rings is 2. The molecule has 2 aromatic heterocycles. The molecular weight excluding hydrogens is 404 g/mol. The number of halogens is 2. The second-order valence-electron chi connectivity index (χ2n) is 7.07. The molecule has 1 unspecified atom stereocenters. The highest BCUT2D eigenvalue weighted by Crippen LogP contribution is 2.30. The number of amides is 1. The predicted molar refractivity (Wildman–Crippen MR) is 112 cm³/mol. The number of fused-ring (bicyclic) bond motifs is 1. The zero-order valence-electron chi connectivity index (χ0n) is 16.8. The van der Waals surface area contributed by atoms with Crippen LogP contribution in [0.2, 0.25) is 0 Å². The predicted octanol–water partition coefficient (Wildman–Crippen LogP) is 3.69. The first-order valence-electron chi connectivity index (χ1n) is 9.55. The fourth-order valence-corrected chi connectivity index (χ4v) is 3.52. The van der Waals surface area contributed by atoms with Gasteiger partial charge in [0.1, 0.15) is 5.69 Å². The van der Waals surface area contributed by atoms with Gasteiger partial charge in [-0.3, -0.25) is 19.3 Å². The number of rotatable bonds is 5. The smallest absolute Gasteiger partial charge is 0.280 e. The van der Waals surface area contributed by atoms with Crippen LogP contribution in [0.3, 0.4) is 0 Å². The minimum absolute atomic E-state index is 0.215. The fourth-order valence-electron chi connectivity index (χ4n) is 3.52. The monoisotopic (exact) mass is 423 g/mol. The number of nitrogens with zero attached hydrogens (tertiary/aromatic N) is 3. The van der Waals surface area contributed by atoms with E-state index in [1.807, 2.05) is 13.0 Å². The summed E-state index contributed by atoms with van der Waals surface area (Å²) in [6.45, 7) is 1.84. The minimum atomic E-state index is -2.69. The van der Waals surface area contributed by atoms with Crippen LogP contribution in [0.4, 0.5) is 8.78 Å². The van der Waals surface area contributed by atoms with Gasteiger partial charge >= 0.3 is 0 Å². The van der Waals surface area contributed by atoms with E-state index in [0.717, 1.165) is 5.56 Å². The average Bonchev–Trinajstić information content (AvgIpc) is 3.28. The molecule has 158 valence electrons. The van der Waals surface area contributed by atoms with Gasteiger partial charge in [0.2, 0.25) is 0 Å². The van der Waals surface area contributed by atoms with Gasteiger partial charge in [-0.2, -0.15) is 5.10 Å². The van der Waals surface area contributed by atoms with E-state index in [2.05, 4.69) is 20.5 Å². The number of hydrogen-bond donors (Lipinski definition) is 2. The standard InChI is InChI=1S/C22H19F2N5O2/c1-12(13-4-3-5-15(8-13)21(30)25-2)29-11-26-18-9-14(6-7-16(18)22(29)31)17-10-27-28-19(17)20(23)24/h3-12,20H,1-2H3,(H,25,30)(H,27,28). The lowest BCUT2D eigenvalue weighted by molar-refractivity contribution is 0.0963. The number of alkyl halides is 2. The van der Waals surface area contributed by atoms with Gasteiger partial charge in [-0.05, 0) is 42.3 Å². The fraction of sp³-hybridized carbons (Fsp3) is 0.182. The van der Waals surface area contributed by atoms with Crippen LogP contribution in [-0.2, 0) is 0 Å². The van der Waals surface area contributed by atoms with Gasteiger partial charge in [0.05, 0.1) is 29.5 Å². The first kappa shape index (κ1) is 20.4. The van der Waals surface area contributed by atoms with Crippen LogP contribution in [0.15, 0.2) is 59.8 Å². The number of hydrogen-bond acceptors (Lipinski definition) is 4. The Kier molecular flexibility index (Phi) is 5.33. The van der Waals surface area contributed by atoms with Gasteiger partial charge in [-0.15, -0.1) is 0 Å². The van der Waals surface area contributed by atoms with Crippen molar-refractivity contribution in [2.24, 2.45) is 0 Å². The number of H-pyrrole nitrogens is 1. The molecule has 2 N–H and O–H groups in total. The van der Waals surface area contributed by atoms with E-state index in [4.69, 9.17) is 0 Å². The summed E-state index contributed by atoms with van der Waals surface area (Å²) in [7, 11) is 1.55. The molecule has 2 aromatic carbocycles. The molecule has 4 rings (SSSR count). The maximum absolute atomic E-state index is 13.2. The lowest BCUT2D eigenvalue weighted by atomic mass is 10.0. The maximum Gasteiger partial charge on any atom is 0.280 e. The molecule has 0 aliphatic rings. The zero-order chi connectivity index (χ0) is 22.1. The van der Waals surface area contributed by atoms with Crippen LogP contribution in [-0.4, -0.2) is 32.7 Å². The van der Waals surface area contributed by atoms with Gasteiger partial charge in [-0.1, -0.05) is 18.2 Å². The van der Waals surface area contributed by atoms with Crippen LogP contribution >= 0.6 is 0 Å². The molecule has 4 aromatic rings. The number of carbonyl (C=O) groups excluding carboxylic acids is 1. The number of carbonyl (C=O) groups is 1. The zero-order valence-corrected chi connectivity index (χ0v) is 16.8. The van der Waals surface area contributed by atoms with Crippen molar-refractivity contribution >= 4 is 16.8 Å². The van der Waals surface area contributed by atoms with Crippen molar-refractivity contribution in [1.29, 1.82) is 0 Å². The van der Waals surface area contributed by atoms with E-state index in [1.54, 1.807) is 43.4 Å². The highest BCUT2D eigenvalue weighted by molar-refractivity contribution is 5.94. The van der Waals surface area contributed by atoms with Gasteiger partial charge in [0.15, 0.2) is 0 Å². The molecule has 0 radical (unpaired) electrons. The first-order chi connectivity index (χ1) is 14.9. The third kappa shape index (κ3) is 3.70. The minimum Gasteiger partial charge on any atom is -0.355 e. The summed E-state index contributed by atoms with van der Waals surface area (Å²) in [4.78, 5) is 29.4. The van der Waals surface area contributed by atoms with Crippen molar-refractivity contribution < 1.29 is 13.6 Å². The van der Waals surface area contributed by atoms with E-state index in [9.17, 15) is 18.4 Å². The molecule has 0 aliphatic carbocycles. The molecule has 0 spiro atoms. The van der Waals surface area contributed by atoms with Gasteiger partial charge < -0.3 is 5.32 Å². The lowest BCUT2D eigenvalue weighted by Gasteiger charge is -2.16. The molecule has 0 bridgehead atoms. The van der Waals surface area contributed by atoms with E-state index in [-0.39, 0.29) is 28.8 Å². The summed E-state index contributed by atoms with van der Waals surface area (Å²) in [5.74, 6) is -0.215. The molecule has 0 saturated heterocycles. The van der Waals surface area contributed by atoms with Crippen LogP contribution < -0.4 is 10.9 Å². The summed E-state index contributed by atoms with van der Waals surface area (Å²) >= 11 is 0. The molecule has 7 nitrogen and oxygen atoms in total. The summed E-state index contributed by atoms with van der Waals surface area (Å²) < 4.78 is 27.8. The molecule has 0 aliphatic heterocycles. The van der Waals surface area contributed by atoms with Crippen LogP contribution in [0.1, 0.15) is 41.0 Å². The van der Waals surface area contributed by atoms with Crippen molar-refractivity contribution in [1.82, 2.24) is 25.1 Å². The Morgan fingerprint density at radius 1 is 1.19 bits per heavy atom. The molecule has 1 amide bonds. The summed E-state index contributed by atoms with van der Waals surface area (Å²) in [6.07, 6.45) is 0.0565. The van der Waals surface area contributed by atoms with E-state index in [1.165, 1.54) is 17.1 Å². The Hall–Kier alpha value is -3.88. The van der Waals surface area contributed by atoms with E-state index in [0.29, 0.717) is 22.0 Å². The molecule has 31 heavy (non-hydrogen) atoms. The molecule has 0 saturated carbocycles.